The third-order valence-corrected chi connectivity index (χ3v) is 18.2. The molecular weight excluding hydrogens is 793 g/mol. The Balaban J connectivity index is 1.00. The molecule has 3 heterocycles. The first-order valence-electron chi connectivity index (χ1n) is 22.0. The van der Waals surface area contributed by atoms with Gasteiger partial charge in [-0.1, -0.05) is 176 Å². The first kappa shape index (κ1) is 36.5. The van der Waals surface area contributed by atoms with Crippen molar-refractivity contribution in [3.8, 4) is 22.5 Å². The second-order valence-corrected chi connectivity index (χ2v) is 20.6. The van der Waals surface area contributed by atoms with Crippen molar-refractivity contribution in [3.05, 3.63) is 243 Å². The topological polar surface area (TPSA) is 23.0 Å². The van der Waals surface area contributed by atoms with E-state index >= 15 is 0 Å². The van der Waals surface area contributed by atoms with Crippen molar-refractivity contribution in [2.24, 2.45) is 0 Å². The zero-order valence-electron chi connectivity index (χ0n) is 34.9. The highest BCUT2D eigenvalue weighted by molar-refractivity contribution is 7.19. The fourth-order valence-corrected chi connectivity index (χ4v) is 15.5. The van der Waals surface area contributed by atoms with E-state index in [4.69, 9.17) is 4.42 Å². The Morgan fingerprint density at radius 3 is 1.41 bits per heavy atom. The van der Waals surface area contributed by atoms with Crippen LogP contribution in [0, 0.1) is 0 Å². The number of rotatable bonds is 7. The molecule has 3 aromatic heterocycles. The zero-order chi connectivity index (χ0) is 42.2. The molecule has 0 N–H and O–H groups in total. The number of hydrogen-bond acceptors (Lipinski definition) is 1. The average molecular weight is 833 g/mol. The molecule has 0 bridgehead atoms. The minimum atomic E-state index is -2.75. The summed E-state index contributed by atoms with van der Waals surface area (Å²) in [7, 11) is -2.75. The molecule has 0 radical (unpaired) electrons. The van der Waals surface area contributed by atoms with E-state index in [9.17, 15) is 0 Å². The molecule has 3 nitrogen and oxygen atoms in total. The first-order valence-corrected chi connectivity index (χ1v) is 24.0. The Morgan fingerprint density at radius 1 is 0.297 bits per heavy atom. The fraction of sp³-hybridized carbons (Fsp3) is 0. The summed E-state index contributed by atoms with van der Waals surface area (Å²) in [5.41, 5.74) is 11.2. The van der Waals surface area contributed by atoms with Crippen molar-refractivity contribution in [3.63, 3.8) is 0 Å². The number of aromatic nitrogens is 2. The van der Waals surface area contributed by atoms with E-state index in [1.165, 1.54) is 75.5 Å². The highest BCUT2D eigenvalue weighted by Gasteiger charge is 2.41. The van der Waals surface area contributed by atoms with Crippen LogP contribution >= 0.6 is 0 Å². The number of hydrogen-bond donors (Lipinski definition) is 0. The van der Waals surface area contributed by atoms with E-state index < -0.39 is 8.07 Å². The number of benzene rings is 10. The number of fused-ring (bicyclic) bond motifs is 9. The van der Waals surface area contributed by atoms with E-state index in [0.717, 1.165) is 33.3 Å². The van der Waals surface area contributed by atoms with E-state index in [0.29, 0.717) is 0 Å². The molecule has 0 saturated carbocycles. The lowest BCUT2D eigenvalue weighted by atomic mass is 9.98. The van der Waals surface area contributed by atoms with Gasteiger partial charge in [-0.25, -0.2) is 0 Å². The fourth-order valence-electron chi connectivity index (χ4n) is 10.8. The lowest BCUT2D eigenvalue weighted by Crippen LogP contribution is -2.74. The molecule has 0 amide bonds. The molecule has 0 aliphatic carbocycles. The van der Waals surface area contributed by atoms with Crippen LogP contribution in [0.4, 0.5) is 0 Å². The predicted octanol–water partition coefficient (Wildman–Crippen LogP) is 12.8. The Bertz CT molecular complexity index is 3800. The molecule has 0 saturated heterocycles. The van der Waals surface area contributed by atoms with Crippen LogP contribution in [0.5, 0.6) is 0 Å². The largest absolute Gasteiger partial charge is 0.456 e. The minimum absolute atomic E-state index is 0.908. The third kappa shape index (κ3) is 5.39. The third-order valence-electron chi connectivity index (χ3n) is 13.5. The highest BCUT2D eigenvalue weighted by Crippen LogP contribution is 2.41. The number of para-hydroxylation sites is 3. The van der Waals surface area contributed by atoms with Gasteiger partial charge in [0.05, 0.1) is 22.1 Å². The summed E-state index contributed by atoms with van der Waals surface area (Å²) >= 11 is 0. The van der Waals surface area contributed by atoms with E-state index in [1.807, 2.05) is 6.07 Å². The standard InChI is InChI=1S/C60H40N2OSi/c1-4-19-44(20-5-1)64(45-21-6-2-7-22-45,46-23-8-3-9-24-46)47-25-16-18-42(39-47)61-55-31-14-11-27-50(55)53-40-43(35-37-57(53)61)62-54-30-13-10-26-49(54)52-38-41(34-36-56(52)62)48-29-17-33-59-60(48)51-28-12-15-32-58(51)63-59/h1-40H. The summed E-state index contributed by atoms with van der Waals surface area (Å²) in [5, 5.41) is 12.6. The monoisotopic (exact) mass is 832 g/mol. The second kappa shape index (κ2) is 14.5. The van der Waals surface area contributed by atoms with Gasteiger partial charge in [-0.2, -0.15) is 0 Å². The predicted molar refractivity (Wildman–Crippen MR) is 271 cm³/mol. The van der Waals surface area contributed by atoms with Gasteiger partial charge in [0, 0.05) is 43.7 Å². The minimum Gasteiger partial charge on any atom is -0.456 e. The molecule has 13 rings (SSSR count). The van der Waals surface area contributed by atoms with Gasteiger partial charge in [0.25, 0.3) is 0 Å². The Labute approximate surface area is 371 Å². The van der Waals surface area contributed by atoms with Crippen LogP contribution in [0.1, 0.15) is 0 Å². The molecule has 0 aliphatic heterocycles. The highest BCUT2D eigenvalue weighted by atomic mass is 28.3. The van der Waals surface area contributed by atoms with Gasteiger partial charge in [0.2, 0.25) is 0 Å². The van der Waals surface area contributed by atoms with Crippen LogP contribution < -0.4 is 20.7 Å². The van der Waals surface area contributed by atoms with Crippen molar-refractivity contribution < 1.29 is 4.42 Å². The van der Waals surface area contributed by atoms with Crippen molar-refractivity contribution >= 4 is 94.4 Å². The lowest BCUT2D eigenvalue weighted by Gasteiger charge is -2.34. The van der Waals surface area contributed by atoms with Gasteiger partial charge in [0.15, 0.2) is 8.07 Å². The van der Waals surface area contributed by atoms with Crippen LogP contribution in [-0.2, 0) is 0 Å². The van der Waals surface area contributed by atoms with Crippen molar-refractivity contribution in [1.82, 2.24) is 9.13 Å². The van der Waals surface area contributed by atoms with Crippen LogP contribution in [-0.4, -0.2) is 17.2 Å². The van der Waals surface area contributed by atoms with Gasteiger partial charge < -0.3 is 13.6 Å². The van der Waals surface area contributed by atoms with Crippen molar-refractivity contribution in [2.75, 3.05) is 0 Å². The SMILES string of the molecule is c1ccc([Si](c2ccccc2)(c2ccccc2)c2cccc(-n3c4ccccc4c4cc(-n5c6ccccc6c6cc(-c7cccc8oc9ccccc9c78)ccc65)ccc43)c2)cc1. The zero-order valence-corrected chi connectivity index (χ0v) is 35.9. The second-order valence-electron chi connectivity index (χ2n) is 16.8. The van der Waals surface area contributed by atoms with Gasteiger partial charge in [-0.15, -0.1) is 0 Å². The van der Waals surface area contributed by atoms with E-state index in [1.54, 1.807) is 0 Å². The molecule has 300 valence electrons. The number of furan rings is 1. The quantitative estimate of drug-likeness (QED) is 0.116. The summed E-state index contributed by atoms with van der Waals surface area (Å²) in [4.78, 5) is 0. The summed E-state index contributed by atoms with van der Waals surface area (Å²) in [6.45, 7) is 0. The molecule has 13 aromatic rings. The molecule has 10 aromatic carbocycles. The van der Waals surface area contributed by atoms with Gasteiger partial charge in [0.1, 0.15) is 11.2 Å². The number of nitrogens with zero attached hydrogens (tertiary/aromatic N) is 2. The molecule has 0 fully saturated rings. The molecule has 0 atom stereocenters. The lowest BCUT2D eigenvalue weighted by molar-refractivity contribution is 0.669. The molecule has 64 heavy (non-hydrogen) atoms. The van der Waals surface area contributed by atoms with Crippen LogP contribution in [0.3, 0.4) is 0 Å². The summed E-state index contributed by atoms with van der Waals surface area (Å²) in [6, 6.07) is 89.3. The first-order chi connectivity index (χ1) is 31.8. The normalized spacial score (nSPS) is 12.1. The van der Waals surface area contributed by atoms with Gasteiger partial charge >= 0.3 is 0 Å². The molecule has 0 unspecified atom stereocenters. The maximum Gasteiger partial charge on any atom is 0.179 e. The maximum absolute atomic E-state index is 6.30. The van der Waals surface area contributed by atoms with E-state index in [2.05, 4.69) is 246 Å². The smallest absolute Gasteiger partial charge is 0.179 e. The Morgan fingerprint density at radius 2 is 0.766 bits per heavy atom. The Kier molecular flexibility index (Phi) is 8.23. The van der Waals surface area contributed by atoms with Crippen LogP contribution in [0.2, 0.25) is 0 Å². The van der Waals surface area contributed by atoms with Crippen molar-refractivity contribution in [1.29, 1.82) is 0 Å². The summed E-state index contributed by atoms with van der Waals surface area (Å²) in [6.07, 6.45) is 0. The molecule has 0 aliphatic rings. The average Bonchev–Trinajstić information content (AvgIpc) is 4.03. The van der Waals surface area contributed by atoms with Crippen LogP contribution in [0.15, 0.2) is 247 Å². The van der Waals surface area contributed by atoms with Gasteiger partial charge in [-0.05, 0) is 98.6 Å². The van der Waals surface area contributed by atoms with Crippen molar-refractivity contribution in [2.45, 2.75) is 0 Å². The van der Waals surface area contributed by atoms with Crippen LogP contribution in [0.25, 0.3) is 88.1 Å². The molecule has 4 heteroatoms. The molecule has 0 spiro atoms. The van der Waals surface area contributed by atoms with Gasteiger partial charge in [-0.3, -0.25) is 0 Å². The molecular formula is C60H40N2OSi. The van der Waals surface area contributed by atoms with E-state index in [-0.39, 0.29) is 0 Å². The maximum atomic E-state index is 6.30. The summed E-state index contributed by atoms with van der Waals surface area (Å²) < 4.78 is 11.2. The summed E-state index contributed by atoms with van der Waals surface area (Å²) in [5.74, 6) is 0. The Hall–Kier alpha value is -8.18.